The molecule has 18 heavy (non-hydrogen) atoms. The quantitative estimate of drug-likeness (QED) is 0.828. The van der Waals surface area contributed by atoms with E-state index in [0.717, 1.165) is 5.56 Å². The average molecular weight is 251 g/mol. The fourth-order valence-electron chi connectivity index (χ4n) is 1.27. The lowest BCUT2D eigenvalue weighted by Crippen LogP contribution is -2.44. The van der Waals surface area contributed by atoms with Gasteiger partial charge in [-0.15, -0.1) is 0 Å². The predicted octanol–water partition coefficient (Wildman–Crippen LogP) is 1.35. The fraction of sp³-hybridized carbons (Fsp3) is 0.385. The highest BCUT2D eigenvalue weighted by Crippen LogP contribution is 2.13. The maximum absolute atomic E-state index is 11.6. The van der Waals surface area contributed by atoms with E-state index in [1.54, 1.807) is 19.1 Å². The Morgan fingerprint density at radius 1 is 1.22 bits per heavy atom. The highest BCUT2D eigenvalue weighted by Gasteiger charge is 2.20. The van der Waals surface area contributed by atoms with Crippen molar-refractivity contribution < 1.29 is 19.4 Å². The number of rotatable bonds is 5. The third-order valence-electron chi connectivity index (χ3n) is 2.43. The standard InChI is InChI=1S/C13H17NO4/c1-8-4-6-11(7-5-8)18-10(3)12(15)14-9(2)13(16)17/h4-7,9-10H,1-3H3,(H,14,15)(H,16,17)/t9-,10?/m1/s1. The molecule has 0 bridgehead atoms. The molecular weight excluding hydrogens is 234 g/mol. The van der Waals surface area contributed by atoms with Crippen LogP contribution in [0.3, 0.4) is 0 Å². The normalized spacial score (nSPS) is 13.5. The zero-order valence-electron chi connectivity index (χ0n) is 10.6. The summed E-state index contributed by atoms with van der Waals surface area (Å²) >= 11 is 0. The van der Waals surface area contributed by atoms with Crippen LogP contribution in [0.1, 0.15) is 19.4 Å². The summed E-state index contributed by atoms with van der Waals surface area (Å²) in [5, 5.41) is 11.0. The van der Waals surface area contributed by atoms with E-state index in [-0.39, 0.29) is 0 Å². The minimum absolute atomic E-state index is 0.453. The third-order valence-corrected chi connectivity index (χ3v) is 2.43. The van der Waals surface area contributed by atoms with E-state index in [9.17, 15) is 9.59 Å². The summed E-state index contributed by atoms with van der Waals surface area (Å²) in [6.45, 7) is 4.93. The zero-order chi connectivity index (χ0) is 13.7. The van der Waals surface area contributed by atoms with Gasteiger partial charge < -0.3 is 15.2 Å². The van der Waals surface area contributed by atoms with Gasteiger partial charge in [-0.3, -0.25) is 9.59 Å². The molecule has 0 aromatic heterocycles. The molecule has 5 nitrogen and oxygen atoms in total. The Morgan fingerprint density at radius 3 is 2.28 bits per heavy atom. The van der Waals surface area contributed by atoms with Crippen molar-refractivity contribution in [2.24, 2.45) is 0 Å². The first kappa shape index (κ1) is 14.0. The van der Waals surface area contributed by atoms with Crippen molar-refractivity contribution in [1.29, 1.82) is 0 Å². The first-order valence-electron chi connectivity index (χ1n) is 5.66. The average Bonchev–Trinajstić information content (AvgIpc) is 2.31. The molecule has 1 rings (SSSR count). The van der Waals surface area contributed by atoms with Crippen LogP contribution >= 0.6 is 0 Å². The van der Waals surface area contributed by atoms with Gasteiger partial charge in [0.25, 0.3) is 5.91 Å². The summed E-state index contributed by atoms with van der Waals surface area (Å²) in [4.78, 5) is 22.2. The molecule has 0 aliphatic carbocycles. The van der Waals surface area contributed by atoms with E-state index in [0.29, 0.717) is 5.75 Å². The number of carbonyl (C=O) groups is 2. The van der Waals surface area contributed by atoms with E-state index in [1.807, 2.05) is 19.1 Å². The number of amides is 1. The maximum atomic E-state index is 11.6. The molecule has 0 spiro atoms. The first-order chi connectivity index (χ1) is 8.40. The van der Waals surface area contributed by atoms with E-state index in [4.69, 9.17) is 9.84 Å². The Labute approximate surface area is 106 Å². The number of benzene rings is 1. The molecule has 2 atom stereocenters. The number of hydrogen-bond donors (Lipinski definition) is 2. The number of carboxylic acids is 1. The predicted molar refractivity (Wildman–Crippen MR) is 66.5 cm³/mol. The van der Waals surface area contributed by atoms with Gasteiger partial charge >= 0.3 is 5.97 Å². The summed E-state index contributed by atoms with van der Waals surface area (Å²) in [5.74, 6) is -0.956. The fourth-order valence-corrected chi connectivity index (χ4v) is 1.27. The van der Waals surface area contributed by atoms with Crippen LogP contribution in [0.15, 0.2) is 24.3 Å². The van der Waals surface area contributed by atoms with Gasteiger partial charge in [-0.2, -0.15) is 0 Å². The Morgan fingerprint density at radius 2 is 1.78 bits per heavy atom. The van der Waals surface area contributed by atoms with E-state index in [1.165, 1.54) is 6.92 Å². The SMILES string of the molecule is Cc1ccc(OC(C)C(=O)N[C@H](C)C(=O)O)cc1. The molecule has 0 heterocycles. The molecular formula is C13H17NO4. The topological polar surface area (TPSA) is 75.6 Å². The van der Waals surface area contributed by atoms with Crippen LogP contribution < -0.4 is 10.1 Å². The molecule has 0 saturated carbocycles. The zero-order valence-corrected chi connectivity index (χ0v) is 10.6. The van der Waals surface area contributed by atoms with Crippen molar-refractivity contribution in [3.8, 4) is 5.75 Å². The highest BCUT2D eigenvalue weighted by atomic mass is 16.5. The molecule has 5 heteroatoms. The second kappa shape index (κ2) is 6.05. The van der Waals surface area contributed by atoms with Crippen molar-refractivity contribution in [3.05, 3.63) is 29.8 Å². The summed E-state index contributed by atoms with van der Waals surface area (Å²) in [6, 6.07) is 6.35. The van der Waals surface area contributed by atoms with E-state index < -0.39 is 24.0 Å². The van der Waals surface area contributed by atoms with Gasteiger partial charge in [0, 0.05) is 0 Å². The highest BCUT2D eigenvalue weighted by molar-refractivity contribution is 5.86. The van der Waals surface area contributed by atoms with Gasteiger partial charge in [0.2, 0.25) is 0 Å². The van der Waals surface area contributed by atoms with Crippen LogP contribution in [0.2, 0.25) is 0 Å². The van der Waals surface area contributed by atoms with Crippen LogP contribution in [0, 0.1) is 6.92 Å². The van der Waals surface area contributed by atoms with E-state index >= 15 is 0 Å². The summed E-state index contributed by atoms with van der Waals surface area (Å²) < 4.78 is 5.41. The number of aryl methyl sites for hydroxylation is 1. The lowest BCUT2D eigenvalue weighted by atomic mass is 10.2. The monoisotopic (exact) mass is 251 g/mol. The van der Waals surface area contributed by atoms with Crippen LogP contribution in [0.4, 0.5) is 0 Å². The molecule has 98 valence electrons. The van der Waals surface area contributed by atoms with Gasteiger partial charge in [-0.05, 0) is 32.9 Å². The van der Waals surface area contributed by atoms with Crippen LogP contribution in [-0.4, -0.2) is 29.1 Å². The van der Waals surface area contributed by atoms with Crippen LogP contribution in [0.5, 0.6) is 5.75 Å². The Balaban J connectivity index is 2.54. The van der Waals surface area contributed by atoms with Crippen molar-refractivity contribution in [2.45, 2.75) is 32.9 Å². The lowest BCUT2D eigenvalue weighted by Gasteiger charge is -2.16. The Kier molecular flexibility index (Phi) is 4.71. The van der Waals surface area contributed by atoms with E-state index in [2.05, 4.69) is 5.32 Å². The number of hydrogen-bond acceptors (Lipinski definition) is 3. The number of aliphatic carboxylic acids is 1. The molecule has 1 unspecified atom stereocenters. The molecule has 0 fully saturated rings. The first-order valence-corrected chi connectivity index (χ1v) is 5.66. The second-order valence-corrected chi connectivity index (χ2v) is 4.14. The summed E-state index contributed by atoms with van der Waals surface area (Å²) in [7, 11) is 0. The molecule has 1 aromatic carbocycles. The molecule has 0 aliphatic rings. The van der Waals surface area contributed by atoms with Gasteiger partial charge in [-0.25, -0.2) is 0 Å². The smallest absolute Gasteiger partial charge is 0.325 e. The second-order valence-electron chi connectivity index (χ2n) is 4.14. The van der Waals surface area contributed by atoms with Crippen molar-refractivity contribution in [2.75, 3.05) is 0 Å². The molecule has 2 N–H and O–H groups in total. The third kappa shape index (κ3) is 4.08. The Bertz CT molecular complexity index is 427. The summed E-state index contributed by atoms with van der Waals surface area (Å²) in [5.41, 5.74) is 1.10. The van der Waals surface area contributed by atoms with Crippen molar-refractivity contribution in [1.82, 2.24) is 5.32 Å². The van der Waals surface area contributed by atoms with Gasteiger partial charge in [0.1, 0.15) is 11.8 Å². The number of nitrogens with one attached hydrogen (secondary N) is 1. The minimum atomic E-state index is -1.08. The van der Waals surface area contributed by atoms with Crippen molar-refractivity contribution in [3.63, 3.8) is 0 Å². The minimum Gasteiger partial charge on any atom is -0.481 e. The van der Waals surface area contributed by atoms with Gasteiger partial charge in [0.05, 0.1) is 0 Å². The molecule has 1 aromatic rings. The molecule has 1 amide bonds. The van der Waals surface area contributed by atoms with Crippen molar-refractivity contribution >= 4 is 11.9 Å². The molecule has 0 radical (unpaired) electrons. The molecule has 0 aliphatic heterocycles. The summed E-state index contributed by atoms with van der Waals surface area (Å²) in [6.07, 6.45) is -0.741. The number of carbonyl (C=O) groups excluding carboxylic acids is 1. The van der Waals surface area contributed by atoms with Crippen LogP contribution in [0.25, 0.3) is 0 Å². The lowest BCUT2D eigenvalue weighted by molar-refractivity contribution is -0.142. The Hall–Kier alpha value is -2.04. The largest absolute Gasteiger partial charge is 0.481 e. The number of carboxylic acid groups (broad SMARTS) is 1. The van der Waals surface area contributed by atoms with Gasteiger partial charge in [0.15, 0.2) is 6.10 Å². The molecule has 0 saturated heterocycles. The van der Waals surface area contributed by atoms with Gasteiger partial charge in [-0.1, -0.05) is 17.7 Å². The number of ether oxygens (including phenoxy) is 1. The maximum Gasteiger partial charge on any atom is 0.325 e. The van der Waals surface area contributed by atoms with Crippen LogP contribution in [-0.2, 0) is 9.59 Å².